The largest absolute Gasteiger partial charge is 0.404 e. The fourth-order valence-corrected chi connectivity index (χ4v) is 2.76. The Balaban J connectivity index is 1.96. The molecule has 22 heavy (non-hydrogen) atoms. The molecule has 0 aliphatic carbocycles. The number of alkyl halides is 3. The summed E-state index contributed by atoms with van der Waals surface area (Å²) in [5.74, 6) is -0.334. The first kappa shape index (κ1) is 16.8. The minimum absolute atomic E-state index is 0.0262. The number of benzene rings is 1. The van der Waals surface area contributed by atoms with Gasteiger partial charge in [0.1, 0.15) is 6.04 Å². The lowest BCUT2D eigenvalue weighted by molar-refractivity contribution is -0.188. The van der Waals surface area contributed by atoms with Gasteiger partial charge in [-0.1, -0.05) is 12.1 Å². The van der Waals surface area contributed by atoms with E-state index in [0.717, 1.165) is 0 Å². The normalized spacial score (nSPS) is 23.3. The van der Waals surface area contributed by atoms with Crippen molar-refractivity contribution in [1.82, 2.24) is 10.2 Å². The van der Waals surface area contributed by atoms with Crippen molar-refractivity contribution in [3.8, 4) is 0 Å². The Morgan fingerprint density at radius 3 is 2.73 bits per heavy atom. The van der Waals surface area contributed by atoms with E-state index in [4.69, 9.17) is 5.11 Å². The summed E-state index contributed by atoms with van der Waals surface area (Å²) in [5.41, 5.74) is 1.01. The van der Waals surface area contributed by atoms with Gasteiger partial charge in [-0.3, -0.25) is 9.69 Å². The van der Waals surface area contributed by atoms with E-state index in [2.05, 4.69) is 5.32 Å². The number of hydrogen-bond donors (Lipinski definition) is 2. The zero-order chi connectivity index (χ0) is 16.3. The van der Waals surface area contributed by atoms with Crippen molar-refractivity contribution >= 4 is 5.91 Å². The van der Waals surface area contributed by atoms with Crippen LogP contribution in [0.5, 0.6) is 0 Å². The van der Waals surface area contributed by atoms with Crippen LogP contribution in [0.2, 0.25) is 0 Å². The smallest absolute Gasteiger partial charge is 0.392 e. The van der Waals surface area contributed by atoms with Crippen LogP contribution in [-0.2, 0) is 6.61 Å². The molecule has 2 unspecified atom stereocenters. The molecule has 0 saturated carbocycles. The van der Waals surface area contributed by atoms with Crippen LogP contribution in [0.15, 0.2) is 24.3 Å². The molecule has 1 aliphatic heterocycles. The maximum atomic E-state index is 12.8. The predicted molar refractivity (Wildman–Crippen MR) is 75.3 cm³/mol. The molecular formula is C15H19F3N2O2. The van der Waals surface area contributed by atoms with Crippen molar-refractivity contribution < 1.29 is 23.1 Å². The molecule has 1 saturated heterocycles. The highest BCUT2D eigenvalue weighted by molar-refractivity contribution is 5.94. The molecule has 2 rings (SSSR count). The first-order valence-electron chi connectivity index (χ1n) is 7.09. The van der Waals surface area contributed by atoms with E-state index in [-0.39, 0.29) is 31.5 Å². The number of hydrogen-bond acceptors (Lipinski definition) is 3. The SMILES string of the molecule is CN1CC(NC(=O)c2cccc(CO)c2)CCC1C(F)(F)F. The third kappa shape index (κ3) is 3.98. The van der Waals surface area contributed by atoms with Gasteiger partial charge in [-0.15, -0.1) is 0 Å². The molecule has 1 heterocycles. The summed E-state index contributed by atoms with van der Waals surface area (Å²) in [4.78, 5) is 13.4. The van der Waals surface area contributed by atoms with Crippen LogP contribution < -0.4 is 5.32 Å². The van der Waals surface area contributed by atoms with Crippen molar-refractivity contribution in [2.45, 2.75) is 37.7 Å². The van der Waals surface area contributed by atoms with Crippen molar-refractivity contribution in [2.75, 3.05) is 13.6 Å². The molecular weight excluding hydrogens is 297 g/mol. The van der Waals surface area contributed by atoms with Crippen LogP contribution in [-0.4, -0.2) is 47.8 Å². The second kappa shape index (κ2) is 6.66. The second-order valence-corrected chi connectivity index (χ2v) is 5.60. The van der Waals surface area contributed by atoms with Gasteiger partial charge >= 0.3 is 6.18 Å². The summed E-state index contributed by atoms with van der Waals surface area (Å²) in [7, 11) is 1.42. The molecule has 0 aromatic heterocycles. The van der Waals surface area contributed by atoms with Gasteiger partial charge in [-0.2, -0.15) is 13.2 Å². The Hall–Kier alpha value is -1.60. The number of nitrogens with zero attached hydrogens (tertiary/aromatic N) is 1. The maximum Gasteiger partial charge on any atom is 0.404 e. The molecule has 1 aromatic carbocycles. The molecule has 7 heteroatoms. The van der Waals surface area contributed by atoms with E-state index >= 15 is 0 Å². The Bertz CT molecular complexity index is 534. The summed E-state index contributed by atoms with van der Waals surface area (Å²) in [6.45, 7) is -0.00381. The summed E-state index contributed by atoms with van der Waals surface area (Å²) in [6.07, 6.45) is -3.97. The van der Waals surface area contributed by atoms with E-state index in [1.807, 2.05) is 0 Å². The molecule has 122 valence electrons. The molecule has 1 aromatic rings. The van der Waals surface area contributed by atoms with Gasteiger partial charge in [0.25, 0.3) is 5.91 Å². The summed E-state index contributed by atoms with van der Waals surface area (Å²) in [5, 5.41) is 11.8. The van der Waals surface area contributed by atoms with Gasteiger partial charge in [0.15, 0.2) is 0 Å². The van der Waals surface area contributed by atoms with Gasteiger partial charge in [0, 0.05) is 18.2 Å². The number of piperidine rings is 1. The van der Waals surface area contributed by atoms with Crippen LogP contribution >= 0.6 is 0 Å². The molecule has 0 bridgehead atoms. The van der Waals surface area contributed by atoms with E-state index in [1.54, 1.807) is 24.3 Å². The number of halogens is 3. The number of aliphatic hydroxyl groups is 1. The Labute approximate surface area is 126 Å². The van der Waals surface area contributed by atoms with Crippen molar-refractivity contribution in [1.29, 1.82) is 0 Å². The average molecular weight is 316 g/mol. The van der Waals surface area contributed by atoms with E-state index in [1.165, 1.54) is 11.9 Å². The highest BCUT2D eigenvalue weighted by atomic mass is 19.4. The van der Waals surface area contributed by atoms with E-state index in [0.29, 0.717) is 17.5 Å². The highest BCUT2D eigenvalue weighted by Gasteiger charge is 2.44. The lowest BCUT2D eigenvalue weighted by Crippen LogP contribution is -2.54. The van der Waals surface area contributed by atoms with Crippen molar-refractivity contribution in [2.24, 2.45) is 0 Å². The number of aliphatic hydroxyl groups excluding tert-OH is 1. The molecule has 1 aliphatic rings. The third-order valence-corrected chi connectivity index (χ3v) is 3.91. The first-order valence-corrected chi connectivity index (χ1v) is 7.09. The highest BCUT2D eigenvalue weighted by Crippen LogP contribution is 2.30. The zero-order valence-corrected chi connectivity index (χ0v) is 12.2. The zero-order valence-electron chi connectivity index (χ0n) is 12.2. The fraction of sp³-hybridized carbons (Fsp3) is 0.533. The van der Waals surface area contributed by atoms with Crippen LogP contribution in [0.3, 0.4) is 0 Å². The van der Waals surface area contributed by atoms with E-state index < -0.39 is 12.2 Å². The molecule has 1 fully saturated rings. The first-order chi connectivity index (χ1) is 10.3. The van der Waals surface area contributed by atoms with Gasteiger partial charge in [0.2, 0.25) is 0 Å². The fourth-order valence-electron chi connectivity index (χ4n) is 2.76. The molecule has 0 spiro atoms. The van der Waals surface area contributed by atoms with Crippen molar-refractivity contribution in [3.63, 3.8) is 0 Å². The molecule has 2 N–H and O–H groups in total. The average Bonchev–Trinajstić information content (AvgIpc) is 2.46. The van der Waals surface area contributed by atoms with Crippen LogP contribution in [0.1, 0.15) is 28.8 Å². The number of likely N-dealkylation sites (N-methyl/N-ethyl adjacent to an activating group) is 1. The Morgan fingerprint density at radius 2 is 2.14 bits per heavy atom. The molecule has 1 amide bonds. The van der Waals surface area contributed by atoms with Crippen LogP contribution in [0.25, 0.3) is 0 Å². The second-order valence-electron chi connectivity index (χ2n) is 5.60. The van der Waals surface area contributed by atoms with Gasteiger partial charge in [-0.25, -0.2) is 0 Å². The topological polar surface area (TPSA) is 52.6 Å². The monoisotopic (exact) mass is 316 g/mol. The quantitative estimate of drug-likeness (QED) is 0.896. The summed E-state index contributed by atoms with van der Waals surface area (Å²) < 4.78 is 38.3. The van der Waals surface area contributed by atoms with E-state index in [9.17, 15) is 18.0 Å². The predicted octanol–water partition coefficient (Wildman–Crippen LogP) is 1.93. The molecule has 4 nitrogen and oxygen atoms in total. The molecule has 2 atom stereocenters. The van der Waals surface area contributed by atoms with Crippen LogP contribution in [0, 0.1) is 0 Å². The minimum Gasteiger partial charge on any atom is -0.392 e. The van der Waals surface area contributed by atoms with Gasteiger partial charge in [0.05, 0.1) is 6.61 Å². The summed E-state index contributed by atoms with van der Waals surface area (Å²) in [6, 6.07) is 4.78. The number of carbonyl (C=O) groups excluding carboxylic acids is 1. The Kier molecular flexibility index (Phi) is 5.08. The van der Waals surface area contributed by atoms with Crippen LogP contribution in [0.4, 0.5) is 13.2 Å². The third-order valence-electron chi connectivity index (χ3n) is 3.91. The maximum absolute atomic E-state index is 12.8. The minimum atomic E-state index is -4.24. The lowest BCUT2D eigenvalue weighted by atomic mass is 9.98. The van der Waals surface area contributed by atoms with Gasteiger partial charge < -0.3 is 10.4 Å². The van der Waals surface area contributed by atoms with Gasteiger partial charge in [-0.05, 0) is 37.6 Å². The standard InChI is InChI=1S/C15H19F3N2O2/c1-20-8-12(5-6-13(20)15(16,17)18)19-14(22)11-4-2-3-10(7-11)9-21/h2-4,7,12-13,21H,5-6,8-9H2,1H3,(H,19,22). The number of likely N-dealkylation sites (tertiary alicyclic amines) is 1. The summed E-state index contributed by atoms with van der Waals surface area (Å²) >= 11 is 0. The Morgan fingerprint density at radius 1 is 1.41 bits per heavy atom. The number of rotatable bonds is 3. The number of nitrogens with one attached hydrogen (secondary N) is 1. The number of amides is 1. The van der Waals surface area contributed by atoms with Crippen molar-refractivity contribution in [3.05, 3.63) is 35.4 Å². The lowest BCUT2D eigenvalue weighted by Gasteiger charge is -2.38. The number of carbonyl (C=O) groups is 1. The molecule has 0 radical (unpaired) electrons.